The van der Waals surface area contributed by atoms with Crippen LogP contribution in [-0.2, 0) is 24.3 Å². The molecule has 0 aliphatic carbocycles. The van der Waals surface area contributed by atoms with E-state index in [1.807, 2.05) is 19.1 Å². The van der Waals surface area contributed by atoms with Gasteiger partial charge in [0.2, 0.25) is 0 Å². The zero-order valence-corrected chi connectivity index (χ0v) is 17.5. The number of ether oxygens (including phenoxy) is 2. The van der Waals surface area contributed by atoms with Gasteiger partial charge in [-0.2, -0.15) is 0 Å². The summed E-state index contributed by atoms with van der Waals surface area (Å²) in [5.74, 6) is -1.22. The summed E-state index contributed by atoms with van der Waals surface area (Å²) in [5.41, 5.74) is 1.78. The molecule has 3 aromatic rings. The molecule has 1 N–H and O–H groups in total. The van der Waals surface area contributed by atoms with Crippen LogP contribution in [0.1, 0.15) is 23.8 Å². The SMILES string of the molecule is COC(=O)[C@H]1C[C@H](CO)O[C@H]1c1cc2ccccc2n1S(=O)(=O)c1ccc(C)cc1. The van der Waals surface area contributed by atoms with Crippen LogP contribution in [-0.4, -0.2) is 43.3 Å². The lowest BCUT2D eigenvalue weighted by molar-refractivity contribution is -0.147. The van der Waals surface area contributed by atoms with E-state index in [-0.39, 0.29) is 17.9 Å². The Hall–Kier alpha value is -2.68. The van der Waals surface area contributed by atoms with Gasteiger partial charge in [0, 0.05) is 5.39 Å². The lowest BCUT2D eigenvalue weighted by Gasteiger charge is -2.20. The van der Waals surface area contributed by atoms with Gasteiger partial charge in [-0.15, -0.1) is 0 Å². The average Bonchev–Trinajstić information content (AvgIpc) is 3.35. The van der Waals surface area contributed by atoms with Crippen molar-refractivity contribution in [1.82, 2.24) is 3.97 Å². The van der Waals surface area contributed by atoms with E-state index in [0.29, 0.717) is 16.6 Å². The molecule has 0 bridgehead atoms. The number of benzene rings is 2. The maximum absolute atomic E-state index is 13.6. The highest BCUT2D eigenvalue weighted by Gasteiger charge is 2.44. The summed E-state index contributed by atoms with van der Waals surface area (Å²) in [4.78, 5) is 12.5. The quantitative estimate of drug-likeness (QED) is 0.627. The van der Waals surface area contributed by atoms with Crippen molar-refractivity contribution >= 4 is 26.9 Å². The molecule has 0 unspecified atom stereocenters. The van der Waals surface area contributed by atoms with E-state index in [2.05, 4.69) is 0 Å². The number of aliphatic hydroxyl groups is 1. The molecule has 1 aliphatic heterocycles. The predicted octanol–water partition coefficient (Wildman–Crippen LogP) is 2.80. The molecule has 2 heterocycles. The number of fused-ring (bicyclic) bond motifs is 1. The maximum Gasteiger partial charge on any atom is 0.311 e. The smallest absolute Gasteiger partial charge is 0.311 e. The molecule has 0 amide bonds. The Bertz CT molecular complexity index is 1180. The van der Waals surface area contributed by atoms with E-state index in [1.54, 1.807) is 42.5 Å². The van der Waals surface area contributed by atoms with Crippen molar-refractivity contribution < 1.29 is 27.8 Å². The highest BCUT2D eigenvalue weighted by atomic mass is 32.2. The van der Waals surface area contributed by atoms with Gasteiger partial charge in [0.25, 0.3) is 10.0 Å². The summed E-state index contributed by atoms with van der Waals surface area (Å²) >= 11 is 0. The van der Waals surface area contributed by atoms with Gasteiger partial charge in [0.1, 0.15) is 6.10 Å². The van der Waals surface area contributed by atoms with Gasteiger partial charge < -0.3 is 14.6 Å². The highest BCUT2D eigenvalue weighted by molar-refractivity contribution is 7.90. The van der Waals surface area contributed by atoms with Crippen LogP contribution in [0.25, 0.3) is 10.9 Å². The van der Waals surface area contributed by atoms with Crippen molar-refractivity contribution in [1.29, 1.82) is 0 Å². The number of hydrogen-bond acceptors (Lipinski definition) is 6. The minimum Gasteiger partial charge on any atom is -0.469 e. The molecule has 0 saturated carbocycles. The van der Waals surface area contributed by atoms with Crippen LogP contribution >= 0.6 is 0 Å². The molecule has 30 heavy (non-hydrogen) atoms. The normalized spacial score (nSPS) is 21.8. The minimum absolute atomic E-state index is 0.141. The van der Waals surface area contributed by atoms with Crippen LogP contribution in [0, 0.1) is 12.8 Å². The van der Waals surface area contributed by atoms with E-state index < -0.39 is 34.1 Å². The predicted molar refractivity (Wildman–Crippen MR) is 111 cm³/mol. The van der Waals surface area contributed by atoms with Gasteiger partial charge in [-0.25, -0.2) is 12.4 Å². The summed E-state index contributed by atoms with van der Waals surface area (Å²) in [6, 6.07) is 15.4. The van der Waals surface area contributed by atoms with Crippen molar-refractivity contribution in [2.24, 2.45) is 5.92 Å². The van der Waals surface area contributed by atoms with Crippen LogP contribution in [0.15, 0.2) is 59.5 Å². The summed E-state index contributed by atoms with van der Waals surface area (Å²) in [7, 11) is -2.68. The van der Waals surface area contributed by atoms with Crippen molar-refractivity contribution in [3.05, 3.63) is 65.9 Å². The third kappa shape index (κ3) is 3.40. The van der Waals surface area contributed by atoms with Crippen molar-refractivity contribution in [2.45, 2.75) is 30.4 Å². The lowest BCUT2D eigenvalue weighted by atomic mass is 9.97. The van der Waals surface area contributed by atoms with Crippen LogP contribution in [0.2, 0.25) is 0 Å². The van der Waals surface area contributed by atoms with Gasteiger partial charge >= 0.3 is 5.97 Å². The number of para-hydroxylation sites is 1. The number of aromatic nitrogens is 1. The molecule has 1 aromatic heterocycles. The fraction of sp³-hybridized carbons (Fsp3) is 0.318. The number of esters is 1. The summed E-state index contributed by atoms with van der Waals surface area (Å²) in [5, 5.41) is 10.3. The molecule has 8 heteroatoms. The largest absolute Gasteiger partial charge is 0.469 e. The first kappa shape index (κ1) is 20.6. The first-order chi connectivity index (χ1) is 14.4. The van der Waals surface area contributed by atoms with Crippen molar-refractivity contribution in [2.75, 3.05) is 13.7 Å². The number of rotatable bonds is 5. The second-order valence-corrected chi connectivity index (χ2v) is 9.22. The molecule has 1 fully saturated rings. The standard InChI is InChI=1S/C22H23NO6S/c1-14-7-9-17(10-8-14)30(26,27)23-19-6-4-3-5-15(19)11-20(23)21-18(22(25)28-2)12-16(13-24)29-21/h3-11,16,18,21,24H,12-13H2,1-2H3/t16-,18+,21-/m1/s1. The Morgan fingerprint density at radius 2 is 1.90 bits per heavy atom. The number of hydrogen-bond donors (Lipinski definition) is 1. The fourth-order valence-electron chi connectivity index (χ4n) is 3.96. The Kier molecular flexibility index (Phi) is 5.40. The average molecular weight is 429 g/mol. The molecule has 7 nitrogen and oxygen atoms in total. The molecular formula is C22H23NO6S. The number of aryl methyl sites for hydroxylation is 1. The number of carbonyl (C=O) groups excluding carboxylic acids is 1. The molecule has 3 atom stereocenters. The van der Waals surface area contributed by atoms with E-state index in [4.69, 9.17) is 9.47 Å². The summed E-state index contributed by atoms with van der Waals surface area (Å²) in [6.07, 6.45) is -1.19. The summed E-state index contributed by atoms with van der Waals surface area (Å²) in [6.45, 7) is 1.62. The topological polar surface area (TPSA) is 94.8 Å². The van der Waals surface area contributed by atoms with Crippen LogP contribution < -0.4 is 0 Å². The van der Waals surface area contributed by atoms with E-state index in [1.165, 1.54) is 11.1 Å². The zero-order chi connectivity index (χ0) is 21.5. The lowest BCUT2D eigenvalue weighted by Crippen LogP contribution is -2.24. The molecule has 1 aliphatic rings. The molecule has 0 spiro atoms. The van der Waals surface area contributed by atoms with E-state index >= 15 is 0 Å². The van der Waals surface area contributed by atoms with Crippen LogP contribution in [0.3, 0.4) is 0 Å². The second kappa shape index (κ2) is 7.86. The number of carbonyl (C=O) groups is 1. The highest BCUT2D eigenvalue weighted by Crippen LogP contribution is 2.42. The molecule has 4 rings (SSSR count). The minimum atomic E-state index is -3.97. The maximum atomic E-state index is 13.6. The molecule has 158 valence electrons. The van der Waals surface area contributed by atoms with Crippen LogP contribution in [0.5, 0.6) is 0 Å². The first-order valence-corrected chi connectivity index (χ1v) is 11.1. The Morgan fingerprint density at radius 3 is 2.57 bits per heavy atom. The number of nitrogens with zero attached hydrogens (tertiary/aromatic N) is 1. The molecule has 1 saturated heterocycles. The third-order valence-corrected chi connectivity index (χ3v) is 7.23. The van der Waals surface area contributed by atoms with Gasteiger partial charge in [-0.05, 0) is 37.6 Å². The molecular weight excluding hydrogens is 406 g/mol. The Balaban J connectivity index is 1.93. The van der Waals surface area contributed by atoms with Crippen molar-refractivity contribution in [3.8, 4) is 0 Å². The Morgan fingerprint density at radius 1 is 1.20 bits per heavy atom. The van der Waals surface area contributed by atoms with E-state index in [9.17, 15) is 18.3 Å². The Labute approximate surface area is 174 Å². The van der Waals surface area contributed by atoms with Crippen LogP contribution in [0.4, 0.5) is 0 Å². The molecule has 0 radical (unpaired) electrons. The fourth-order valence-corrected chi connectivity index (χ4v) is 5.51. The van der Waals surface area contributed by atoms with Gasteiger partial charge in [-0.3, -0.25) is 4.79 Å². The second-order valence-electron chi connectivity index (χ2n) is 7.44. The van der Waals surface area contributed by atoms with Crippen molar-refractivity contribution in [3.63, 3.8) is 0 Å². The van der Waals surface area contributed by atoms with Gasteiger partial charge in [0.15, 0.2) is 0 Å². The third-order valence-electron chi connectivity index (χ3n) is 5.47. The number of aliphatic hydroxyl groups excluding tert-OH is 1. The first-order valence-electron chi connectivity index (χ1n) is 9.63. The summed E-state index contributed by atoms with van der Waals surface area (Å²) < 4.78 is 39.4. The molecule has 2 aromatic carbocycles. The monoisotopic (exact) mass is 429 g/mol. The van der Waals surface area contributed by atoms with Gasteiger partial charge in [0.05, 0.1) is 41.8 Å². The van der Waals surface area contributed by atoms with E-state index in [0.717, 1.165) is 5.56 Å². The van der Waals surface area contributed by atoms with Gasteiger partial charge in [-0.1, -0.05) is 35.9 Å². The zero-order valence-electron chi connectivity index (χ0n) is 16.7. The number of methoxy groups -OCH3 is 1.